The third-order valence-electron chi connectivity index (χ3n) is 4.36. The first-order chi connectivity index (χ1) is 11.8. The molecule has 1 saturated heterocycles. The van der Waals surface area contributed by atoms with E-state index in [1.165, 1.54) is 5.56 Å². The van der Waals surface area contributed by atoms with Gasteiger partial charge in [-0.25, -0.2) is 0 Å². The highest BCUT2D eigenvalue weighted by Gasteiger charge is 2.23. The zero-order chi connectivity index (χ0) is 16.4. The molecule has 0 aliphatic carbocycles. The van der Waals surface area contributed by atoms with Crippen LogP contribution in [0.15, 0.2) is 45.3 Å². The Hall–Kier alpha value is -2.40. The second-order valence-corrected chi connectivity index (χ2v) is 6.24. The van der Waals surface area contributed by atoms with Crippen LogP contribution < -0.4 is 0 Å². The van der Waals surface area contributed by atoms with Crippen LogP contribution in [-0.2, 0) is 17.6 Å². The molecule has 2 aromatic heterocycles. The van der Waals surface area contributed by atoms with E-state index in [2.05, 4.69) is 41.3 Å². The molecule has 5 nitrogen and oxygen atoms in total. The predicted molar refractivity (Wildman–Crippen MR) is 88.8 cm³/mol. The summed E-state index contributed by atoms with van der Waals surface area (Å²) in [7, 11) is 0. The number of benzene rings is 1. The van der Waals surface area contributed by atoms with Crippen LogP contribution in [0.25, 0.3) is 11.3 Å². The normalized spacial score (nSPS) is 17.5. The Morgan fingerprint density at radius 2 is 1.96 bits per heavy atom. The van der Waals surface area contributed by atoms with Crippen molar-refractivity contribution in [2.24, 2.45) is 0 Å². The summed E-state index contributed by atoms with van der Waals surface area (Å²) in [6, 6.07) is 12.3. The van der Waals surface area contributed by atoms with E-state index in [4.69, 9.17) is 13.7 Å². The van der Waals surface area contributed by atoms with E-state index < -0.39 is 0 Å². The van der Waals surface area contributed by atoms with Gasteiger partial charge < -0.3 is 13.7 Å². The van der Waals surface area contributed by atoms with Gasteiger partial charge in [-0.2, -0.15) is 4.98 Å². The molecule has 0 spiro atoms. The number of aromatic nitrogens is 2. The minimum absolute atomic E-state index is 0.277. The Labute approximate surface area is 140 Å². The molecule has 24 heavy (non-hydrogen) atoms. The van der Waals surface area contributed by atoms with Gasteiger partial charge in [-0.15, -0.1) is 0 Å². The van der Waals surface area contributed by atoms with Crippen LogP contribution >= 0.6 is 0 Å². The molecule has 1 aliphatic rings. The maximum absolute atomic E-state index is 5.93. The van der Waals surface area contributed by atoms with Crippen LogP contribution in [0.5, 0.6) is 0 Å². The molecule has 0 N–H and O–H groups in total. The largest absolute Gasteiger partial charge is 0.461 e. The molecule has 0 bridgehead atoms. The van der Waals surface area contributed by atoms with Crippen LogP contribution in [0.3, 0.4) is 0 Å². The summed E-state index contributed by atoms with van der Waals surface area (Å²) in [5.41, 5.74) is 2.33. The quantitative estimate of drug-likeness (QED) is 0.711. The molecular weight excluding hydrogens is 304 g/mol. The van der Waals surface area contributed by atoms with Gasteiger partial charge in [-0.05, 0) is 25.5 Å². The van der Waals surface area contributed by atoms with Crippen molar-refractivity contribution in [2.75, 3.05) is 13.2 Å². The molecule has 124 valence electrons. The predicted octanol–water partition coefficient (Wildman–Crippen LogP) is 3.93. The Balaban J connectivity index is 1.38. The lowest BCUT2D eigenvalue weighted by Crippen LogP contribution is -2.00. The third kappa shape index (κ3) is 3.26. The van der Waals surface area contributed by atoms with Crippen LogP contribution in [0, 0.1) is 6.92 Å². The number of aryl methyl sites for hydroxylation is 3. The first kappa shape index (κ1) is 15.1. The summed E-state index contributed by atoms with van der Waals surface area (Å²) in [4.78, 5) is 4.48. The van der Waals surface area contributed by atoms with E-state index in [9.17, 15) is 0 Å². The summed E-state index contributed by atoms with van der Waals surface area (Å²) in [5.74, 6) is 3.51. The number of hydrogen-bond donors (Lipinski definition) is 0. The lowest BCUT2D eigenvalue weighted by molar-refractivity contribution is 0.192. The van der Waals surface area contributed by atoms with Crippen molar-refractivity contribution in [2.45, 2.75) is 32.1 Å². The summed E-state index contributed by atoms with van der Waals surface area (Å²) in [6.07, 6.45) is 2.40. The molecular formula is C19H20N2O3. The first-order valence-corrected chi connectivity index (χ1v) is 8.34. The SMILES string of the molecule is Cc1ccc(-c2ccc(CCc3nc([C@@H]4CCOC4)no3)o2)cc1. The minimum Gasteiger partial charge on any atom is -0.461 e. The van der Waals surface area contributed by atoms with Crippen LogP contribution in [-0.4, -0.2) is 23.4 Å². The monoisotopic (exact) mass is 324 g/mol. The third-order valence-corrected chi connectivity index (χ3v) is 4.36. The van der Waals surface area contributed by atoms with Crippen molar-refractivity contribution < 1.29 is 13.7 Å². The summed E-state index contributed by atoms with van der Waals surface area (Å²) >= 11 is 0. The Bertz CT molecular complexity index is 798. The molecule has 1 atom stereocenters. The summed E-state index contributed by atoms with van der Waals surface area (Å²) in [6.45, 7) is 3.55. The fourth-order valence-electron chi connectivity index (χ4n) is 2.89. The fourth-order valence-corrected chi connectivity index (χ4v) is 2.89. The average Bonchev–Trinajstić information content (AvgIpc) is 3.34. The molecule has 0 amide bonds. The summed E-state index contributed by atoms with van der Waals surface area (Å²) < 4.78 is 16.6. The summed E-state index contributed by atoms with van der Waals surface area (Å²) in [5, 5.41) is 4.07. The number of rotatable bonds is 5. The smallest absolute Gasteiger partial charge is 0.227 e. The Morgan fingerprint density at radius 3 is 2.75 bits per heavy atom. The molecule has 3 aromatic rings. The van der Waals surface area contributed by atoms with E-state index in [-0.39, 0.29) is 5.92 Å². The van der Waals surface area contributed by atoms with Crippen molar-refractivity contribution in [3.63, 3.8) is 0 Å². The first-order valence-electron chi connectivity index (χ1n) is 8.34. The van der Waals surface area contributed by atoms with E-state index in [0.29, 0.717) is 18.9 Å². The van der Waals surface area contributed by atoms with Crippen molar-refractivity contribution in [3.8, 4) is 11.3 Å². The molecule has 1 aliphatic heterocycles. The van der Waals surface area contributed by atoms with Crippen molar-refractivity contribution in [3.05, 3.63) is 59.4 Å². The van der Waals surface area contributed by atoms with Gasteiger partial charge in [0.2, 0.25) is 5.89 Å². The van der Waals surface area contributed by atoms with Gasteiger partial charge in [-0.3, -0.25) is 0 Å². The second-order valence-electron chi connectivity index (χ2n) is 6.24. The van der Waals surface area contributed by atoms with Gasteiger partial charge >= 0.3 is 0 Å². The topological polar surface area (TPSA) is 61.3 Å². The van der Waals surface area contributed by atoms with E-state index in [1.54, 1.807) is 0 Å². The highest BCUT2D eigenvalue weighted by molar-refractivity contribution is 5.57. The van der Waals surface area contributed by atoms with E-state index >= 15 is 0 Å². The highest BCUT2D eigenvalue weighted by atomic mass is 16.5. The molecule has 0 saturated carbocycles. The second kappa shape index (κ2) is 6.61. The molecule has 0 radical (unpaired) electrons. The number of hydrogen-bond acceptors (Lipinski definition) is 5. The number of nitrogens with zero attached hydrogens (tertiary/aromatic N) is 2. The molecule has 1 fully saturated rings. The maximum Gasteiger partial charge on any atom is 0.227 e. The van der Waals surface area contributed by atoms with Crippen molar-refractivity contribution in [1.82, 2.24) is 10.1 Å². The van der Waals surface area contributed by atoms with E-state index in [1.807, 2.05) is 12.1 Å². The zero-order valence-electron chi connectivity index (χ0n) is 13.7. The van der Waals surface area contributed by atoms with Crippen LogP contribution in [0.2, 0.25) is 0 Å². The highest BCUT2D eigenvalue weighted by Crippen LogP contribution is 2.24. The lowest BCUT2D eigenvalue weighted by atomic mass is 10.1. The van der Waals surface area contributed by atoms with Crippen molar-refractivity contribution >= 4 is 0 Å². The van der Waals surface area contributed by atoms with Crippen molar-refractivity contribution in [1.29, 1.82) is 0 Å². The molecule has 5 heteroatoms. The Kier molecular flexibility index (Phi) is 4.17. The van der Waals surface area contributed by atoms with Crippen LogP contribution in [0.4, 0.5) is 0 Å². The number of ether oxygens (including phenoxy) is 1. The van der Waals surface area contributed by atoms with Gasteiger partial charge in [0, 0.05) is 30.9 Å². The number of furan rings is 1. The zero-order valence-corrected chi connectivity index (χ0v) is 13.7. The minimum atomic E-state index is 0.277. The average molecular weight is 324 g/mol. The molecule has 0 unspecified atom stereocenters. The van der Waals surface area contributed by atoms with Crippen LogP contribution in [0.1, 0.15) is 35.4 Å². The van der Waals surface area contributed by atoms with Gasteiger partial charge in [0.05, 0.1) is 6.61 Å². The Morgan fingerprint density at radius 1 is 1.08 bits per heavy atom. The van der Waals surface area contributed by atoms with Gasteiger partial charge in [0.1, 0.15) is 11.5 Å². The van der Waals surface area contributed by atoms with Gasteiger partial charge in [-0.1, -0.05) is 35.0 Å². The van der Waals surface area contributed by atoms with E-state index in [0.717, 1.165) is 42.4 Å². The fraction of sp³-hybridized carbons (Fsp3) is 0.368. The van der Waals surface area contributed by atoms with Gasteiger partial charge in [0.25, 0.3) is 0 Å². The molecule has 3 heterocycles. The molecule has 4 rings (SSSR count). The lowest BCUT2D eigenvalue weighted by Gasteiger charge is -1.98. The standard InChI is InChI=1S/C19H20N2O3/c1-13-2-4-14(5-3-13)17-8-6-16(23-17)7-9-18-20-19(21-24-18)15-10-11-22-12-15/h2-6,8,15H,7,9-12H2,1H3/t15-/m1/s1. The molecule has 1 aromatic carbocycles. The maximum atomic E-state index is 5.93. The van der Waals surface area contributed by atoms with Gasteiger partial charge in [0.15, 0.2) is 5.82 Å².